The summed E-state index contributed by atoms with van der Waals surface area (Å²) in [4.78, 5) is 20.8. The quantitative estimate of drug-likeness (QED) is 0.382. The molecule has 2 heterocycles. The van der Waals surface area contributed by atoms with E-state index in [2.05, 4.69) is 9.97 Å². The monoisotopic (exact) mass is 424 g/mol. The number of aromatic carboxylic acids is 1. The van der Waals surface area contributed by atoms with Crippen molar-refractivity contribution < 1.29 is 19.0 Å². The van der Waals surface area contributed by atoms with Crippen LogP contribution < -0.4 is 4.74 Å². The lowest BCUT2D eigenvalue weighted by atomic mass is 10.0. The van der Waals surface area contributed by atoms with Crippen LogP contribution in [0.3, 0.4) is 0 Å². The summed E-state index contributed by atoms with van der Waals surface area (Å²) in [5.41, 5.74) is 2.04. The molecule has 0 saturated carbocycles. The third-order valence-corrected chi connectivity index (χ3v) is 5.22. The molecule has 0 aliphatic heterocycles. The van der Waals surface area contributed by atoms with Crippen molar-refractivity contribution in [2.75, 3.05) is 0 Å². The number of carboxylic acid groups (broad SMARTS) is 1. The first kappa shape index (κ1) is 19.6. The molecule has 0 unspecified atom stereocenters. The van der Waals surface area contributed by atoms with Gasteiger partial charge < -0.3 is 9.84 Å². The standard InChI is InChI=1S/C26H17FN2O3/c27-25-23(32-15-18-11-9-16-5-1-3-7-20(16)28-18)14-12-19(26(30)31)24(25)22-13-10-17-6-2-4-8-21(17)29-22/h1-14H,15H2,(H,30,31). The summed E-state index contributed by atoms with van der Waals surface area (Å²) >= 11 is 0. The number of halogens is 1. The molecule has 0 radical (unpaired) electrons. The molecule has 0 bridgehead atoms. The van der Waals surface area contributed by atoms with E-state index in [4.69, 9.17) is 4.74 Å². The maximum absolute atomic E-state index is 15.5. The van der Waals surface area contributed by atoms with Crippen LogP contribution in [0.25, 0.3) is 33.1 Å². The minimum atomic E-state index is -1.24. The molecule has 5 aromatic rings. The van der Waals surface area contributed by atoms with E-state index in [1.165, 1.54) is 12.1 Å². The fraction of sp³-hybridized carbons (Fsp3) is 0.0385. The molecular weight excluding hydrogens is 407 g/mol. The van der Waals surface area contributed by atoms with Crippen LogP contribution in [-0.2, 0) is 6.61 Å². The van der Waals surface area contributed by atoms with Crippen molar-refractivity contribution in [1.29, 1.82) is 0 Å². The van der Waals surface area contributed by atoms with Gasteiger partial charge in [0.05, 0.1) is 33.5 Å². The Balaban J connectivity index is 1.52. The number of hydrogen-bond donors (Lipinski definition) is 1. The Morgan fingerprint density at radius 3 is 2.19 bits per heavy atom. The van der Waals surface area contributed by atoms with Crippen molar-refractivity contribution in [3.63, 3.8) is 0 Å². The van der Waals surface area contributed by atoms with E-state index in [1.807, 2.05) is 54.6 Å². The number of para-hydroxylation sites is 2. The van der Waals surface area contributed by atoms with E-state index in [0.29, 0.717) is 11.2 Å². The molecule has 0 fully saturated rings. The number of carbonyl (C=O) groups is 1. The molecule has 32 heavy (non-hydrogen) atoms. The Hall–Kier alpha value is -4.32. The zero-order valence-corrected chi connectivity index (χ0v) is 16.8. The van der Waals surface area contributed by atoms with Crippen LogP contribution in [0.15, 0.2) is 84.9 Å². The minimum absolute atomic E-state index is 0.0404. The van der Waals surface area contributed by atoms with Gasteiger partial charge in [0.1, 0.15) is 6.61 Å². The molecule has 1 N–H and O–H groups in total. The first-order valence-electron chi connectivity index (χ1n) is 9.99. The van der Waals surface area contributed by atoms with Crippen molar-refractivity contribution in [2.24, 2.45) is 0 Å². The summed E-state index contributed by atoms with van der Waals surface area (Å²) in [6, 6.07) is 24.9. The Kier molecular flexibility index (Phi) is 4.95. The van der Waals surface area contributed by atoms with Gasteiger partial charge in [0.15, 0.2) is 11.6 Å². The van der Waals surface area contributed by atoms with Crippen molar-refractivity contribution in [3.05, 3.63) is 102 Å². The Morgan fingerprint density at radius 1 is 0.812 bits per heavy atom. The maximum atomic E-state index is 15.5. The van der Waals surface area contributed by atoms with E-state index >= 15 is 4.39 Å². The molecule has 2 aromatic heterocycles. The molecule has 5 rings (SSSR count). The molecule has 5 nitrogen and oxygen atoms in total. The van der Waals surface area contributed by atoms with Crippen LogP contribution >= 0.6 is 0 Å². The van der Waals surface area contributed by atoms with E-state index in [9.17, 15) is 9.90 Å². The third-order valence-electron chi connectivity index (χ3n) is 5.22. The van der Waals surface area contributed by atoms with Crippen LogP contribution in [0, 0.1) is 5.82 Å². The molecule has 0 atom stereocenters. The predicted octanol–water partition coefficient (Wildman–Crippen LogP) is 5.87. The van der Waals surface area contributed by atoms with Crippen LogP contribution in [0.2, 0.25) is 0 Å². The number of carboxylic acids is 1. The van der Waals surface area contributed by atoms with Gasteiger partial charge in [0, 0.05) is 10.8 Å². The van der Waals surface area contributed by atoms with E-state index in [0.717, 1.165) is 16.3 Å². The lowest BCUT2D eigenvalue weighted by molar-refractivity contribution is 0.0697. The van der Waals surface area contributed by atoms with Crippen LogP contribution in [0.5, 0.6) is 5.75 Å². The smallest absolute Gasteiger partial charge is 0.336 e. The number of benzene rings is 3. The van der Waals surface area contributed by atoms with Crippen LogP contribution in [-0.4, -0.2) is 21.0 Å². The van der Waals surface area contributed by atoms with Crippen molar-refractivity contribution in [3.8, 4) is 17.0 Å². The SMILES string of the molecule is O=C(O)c1ccc(OCc2ccc3ccccc3n2)c(F)c1-c1ccc2ccccc2n1. The summed E-state index contributed by atoms with van der Waals surface area (Å²) in [6.07, 6.45) is 0. The van der Waals surface area contributed by atoms with Crippen molar-refractivity contribution in [1.82, 2.24) is 9.97 Å². The molecule has 0 aliphatic carbocycles. The highest BCUT2D eigenvalue weighted by atomic mass is 19.1. The average molecular weight is 424 g/mol. The van der Waals surface area contributed by atoms with Gasteiger partial charge in [-0.25, -0.2) is 19.2 Å². The number of ether oxygens (including phenoxy) is 1. The van der Waals surface area contributed by atoms with Crippen LogP contribution in [0.1, 0.15) is 16.1 Å². The van der Waals surface area contributed by atoms with Gasteiger partial charge in [-0.15, -0.1) is 0 Å². The second-order valence-corrected chi connectivity index (χ2v) is 7.28. The Bertz CT molecular complexity index is 1480. The van der Waals surface area contributed by atoms with Crippen molar-refractivity contribution >= 4 is 27.8 Å². The number of fused-ring (bicyclic) bond motifs is 2. The fourth-order valence-corrected chi connectivity index (χ4v) is 3.64. The maximum Gasteiger partial charge on any atom is 0.336 e. The Morgan fingerprint density at radius 2 is 1.47 bits per heavy atom. The molecule has 0 amide bonds. The molecule has 6 heteroatoms. The van der Waals surface area contributed by atoms with Gasteiger partial charge in [-0.2, -0.15) is 0 Å². The zero-order chi connectivity index (χ0) is 22.1. The summed E-state index contributed by atoms with van der Waals surface area (Å²) < 4.78 is 21.2. The lowest BCUT2D eigenvalue weighted by Crippen LogP contribution is -2.06. The van der Waals surface area contributed by atoms with Gasteiger partial charge in [-0.1, -0.05) is 48.5 Å². The first-order valence-corrected chi connectivity index (χ1v) is 9.99. The number of nitrogens with zero attached hydrogens (tertiary/aromatic N) is 2. The van der Waals surface area contributed by atoms with Crippen LogP contribution in [0.4, 0.5) is 4.39 Å². The summed E-state index contributed by atoms with van der Waals surface area (Å²) in [5, 5.41) is 11.5. The highest BCUT2D eigenvalue weighted by Gasteiger charge is 2.22. The Labute approximate surface area is 182 Å². The van der Waals surface area contributed by atoms with E-state index in [1.54, 1.807) is 18.2 Å². The molecule has 0 spiro atoms. The number of rotatable bonds is 5. The van der Waals surface area contributed by atoms with Crippen molar-refractivity contribution in [2.45, 2.75) is 6.61 Å². The molecule has 3 aromatic carbocycles. The lowest BCUT2D eigenvalue weighted by Gasteiger charge is -2.13. The number of hydrogen-bond acceptors (Lipinski definition) is 4. The van der Waals surface area contributed by atoms with Gasteiger partial charge in [-0.05, 0) is 36.4 Å². The third kappa shape index (κ3) is 3.63. The molecule has 156 valence electrons. The molecule has 0 saturated heterocycles. The second kappa shape index (κ2) is 8.07. The average Bonchev–Trinajstić information content (AvgIpc) is 2.82. The summed E-state index contributed by atoms with van der Waals surface area (Å²) in [6.45, 7) is 0.0404. The first-order chi connectivity index (χ1) is 15.6. The molecule has 0 aliphatic rings. The topological polar surface area (TPSA) is 72.3 Å². The predicted molar refractivity (Wildman–Crippen MR) is 120 cm³/mol. The number of pyridine rings is 2. The highest BCUT2D eigenvalue weighted by Crippen LogP contribution is 2.33. The van der Waals surface area contributed by atoms with E-state index < -0.39 is 11.8 Å². The van der Waals surface area contributed by atoms with Gasteiger partial charge >= 0.3 is 5.97 Å². The van der Waals surface area contributed by atoms with E-state index in [-0.39, 0.29) is 29.2 Å². The normalized spacial score (nSPS) is 11.0. The number of aromatic nitrogens is 2. The summed E-state index contributed by atoms with van der Waals surface area (Å²) in [7, 11) is 0. The summed E-state index contributed by atoms with van der Waals surface area (Å²) in [5.74, 6) is -2.07. The fourth-order valence-electron chi connectivity index (χ4n) is 3.64. The second-order valence-electron chi connectivity index (χ2n) is 7.28. The minimum Gasteiger partial charge on any atom is -0.484 e. The van der Waals surface area contributed by atoms with Gasteiger partial charge in [-0.3, -0.25) is 0 Å². The molecular formula is C26H17FN2O3. The highest BCUT2D eigenvalue weighted by molar-refractivity contribution is 5.97. The van der Waals surface area contributed by atoms with Gasteiger partial charge in [0.25, 0.3) is 0 Å². The largest absolute Gasteiger partial charge is 0.484 e. The zero-order valence-electron chi connectivity index (χ0n) is 16.8. The van der Waals surface area contributed by atoms with Gasteiger partial charge in [0.2, 0.25) is 0 Å².